The summed E-state index contributed by atoms with van der Waals surface area (Å²) < 4.78 is 28.9. The number of sulfone groups is 1. The Labute approximate surface area is 189 Å². The first kappa shape index (κ1) is 21.7. The third kappa shape index (κ3) is 3.78. The van der Waals surface area contributed by atoms with E-state index in [1.807, 2.05) is 13.0 Å². The van der Waals surface area contributed by atoms with Gasteiger partial charge in [0.2, 0.25) is 9.84 Å². The number of nitrogens with zero attached hydrogens (tertiary/aromatic N) is 5. The van der Waals surface area contributed by atoms with Gasteiger partial charge < -0.3 is 9.80 Å². The highest BCUT2D eigenvalue weighted by molar-refractivity contribution is 7.99. The summed E-state index contributed by atoms with van der Waals surface area (Å²) in [7, 11) is -1.88. The van der Waals surface area contributed by atoms with Gasteiger partial charge in [-0.25, -0.2) is 13.4 Å². The third-order valence-corrected chi connectivity index (χ3v) is 8.41. The van der Waals surface area contributed by atoms with Crippen molar-refractivity contribution >= 4 is 56.3 Å². The summed E-state index contributed by atoms with van der Waals surface area (Å²) in [5.74, 6) is 0.838. The lowest BCUT2D eigenvalue weighted by Crippen LogP contribution is -2.45. The average molecular weight is 486 g/mol. The fraction of sp³-hybridized carbons (Fsp3) is 0.368. The smallest absolute Gasteiger partial charge is 0.214 e. The van der Waals surface area contributed by atoms with Gasteiger partial charge in [-0.2, -0.15) is 9.61 Å². The van der Waals surface area contributed by atoms with Crippen LogP contribution in [0.15, 0.2) is 39.1 Å². The van der Waals surface area contributed by atoms with Crippen LogP contribution < -0.4 is 4.90 Å². The summed E-state index contributed by atoms with van der Waals surface area (Å²) in [5.41, 5.74) is 1.03. The first-order chi connectivity index (χ1) is 14.2. The van der Waals surface area contributed by atoms with Crippen molar-refractivity contribution < 1.29 is 8.42 Å². The number of halogens is 2. The van der Waals surface area contributed by atoms with Gasteiger partial charge in [0.05, 0.1) is 9.92 Å². The van der Waals surface area contributed by atoms with Crippen LogP contribution in [-0.4, -0.2) is 67.4 Å². The highest BCUT2D eigenvalue weighted by atomic mass is 35.5. The minimum Gasteiger partial charge on any atom is -0.354 e. The van der Waals surface area contributed by atoms with Crippen LogP contribution in [0, 0.1) is 6.92 Å². The van der Waals surface area contributed by atoms with E-state index in [1.54, 1.807) is 10.8 Å². The first-order valence-corrected chi connectivity index (χ1v) is 12.8. The van der Waals surface area contributed by atoms with Gasteiger partial charge in [0.1, 0.15) is 10.8 Å². The van der Waals surface area contributed by atoms with E-state index in [2.05, 4.69) is 26.9 Å². The van der Waals surface area contributed by atoms with Gasteiger partial charge in [0.15, 0.2) is 10.5 Å². The molecule has 3 heterocycles. The van der Waals surface area contributed by atoms with E-state index >= 15 is 0 Å². The van der Waals surface area contributed by atoms with Crippen LogP contribution in [0.1, 0.15) is 5.69 Å². The second kappa shape index (κ2) is 8.20. The van der Waals surface area contributed by atoms with Crippen molar-refractivity contribution in [1.29, 1.82) is 0 Å². The standard InChI is InChI=1S/C19H21Cl2N5O2S2/c1-12-10-16(25-8-6-24(2)7-9-25)26-18(22-12)17(19(23-26)29-3)30(27,28)15-5-4-13(20)11-14(15)21/h4-5,10-11H,6-9H2,1-3H3. The summed E-state index contributed by atoms with van der Waals surface area (Å²) in [6.07, 6.45) is 1.80. The van der Waals surface area contributed by atoms with E-state index in [4.69, 9.17) is 23.2 Å². The van der Waals surface area contributed by atoms with Crippen LogP contribution in [0.4, 0.5) is 5.82 Å². The van der Waals surface area contributed by atoms with Crippen LogP contribution in [0.2, 0.25) is 10.0 Å². The molecule has 0 unspecified atom stereocenters. The Balaban J connectivity index is 1.94. The van der Waals surface area contributed by atoms with Crippen molar-refractivity contribution in [2.75, 3.05) is 44.4 Å². The summed E-state index contributed by atoms with van der Waals surface area (Å²) in [5, 5.41) is 5.44. The number of aryl methyl sites for hydroxylation is 1. The number of rotatable bonds is 4. The Hall–Kier alpha value is -1.52. The zero-order valence-electron chi connectivity index (χ0n) is 16.8. The normalized spacial score (nSPS) is 15.8. The molecule has 0 saturated carbocycles. The van der Waals surface area contributed by atoms with Gasteiger partial charge in [-0.15, -0.1) is 11.8 Å². The second-order valence-electron chi connectivity index (χ2n) is 7.20. The number of thioether (sulfide) groups is 1. The van der Waals surface area contributed by atoms with E-state index in [0.717, 1.165) is 37.7 Å². The quantitative estimate of drug-likeness (QED) is 0.522. The SMILES string of the molecule is CSc1nn2c(N3CCN(C)CC3)cc(C)nc2c1S(=O)(=O)c1ccc(Cl)cc1Cl. The molecule has 1 fully saturated rings. The molecule has 7 nitrogen and oxygen atoms in total. The Morgan fingerprint density at radius 3 is 2.43 bits per heavy atom. The van der Waals surface area contributed by atoms with Crippen LogP contribution >= 0.6 is 35.0 Å². The minimum absolute atomic E-state index is 0.0109. The number of likely N-dealkylation sites (N-methyl/N-ethyl adjacent to an activating group) is 1. The van der Waals surface area contributed by atoms with Gasteiger partial charge in [0, 0.05) is 43.0 Å². The molecule has 11 heteroatoms. The van der Waals surface area contributed by atoms with E-state index in [0.29, 0.717) is 15.7 Å². The predicted octanol–water partition coefficient (Wildman–Crippen LogP) is 3.65. The van der Waals surface area contributed by atoms with Crippen molar-refractivity contribution in [1.82, 2.24) is 19.5 Å². The summed E-state index contributed by atoms with van der Waals surface area (Å²) in [6, 6.07) is 6.31. The summed E-state index contributed by atoms with van der Waals surface area (Å²) in [4.78, 5) is 9.09. The lowest BCUT2D eigenvalue weighted by molar-refractivity contribution is 0.311. The number of aromatic nitrogens is 3. The highest BCUT2D eigenvalue weighted by Crippen LogP contribution is 2.37. The zero-order chi connectivity index (χ0) is 21.6. The number of fused-ring (bicyclic) bond motifs is 1. The molecule has 0 atom stereocenters. The van der Waals surface area contributed by atoms with Crippen LogP contribution in [0.3, 0.4) is 0 Å². The number of hydrogen-bond donors (Lipinski definition) is 0. The fourth-order valence-electron chi connectivity index (χ4n) is 3.51. The number of hydrogen-bond acceptors (Lipinski definition) is 7. The molecule has 1 saturated heterocycles. The summed E-state index contributed by atoms with van der Waals surface area (Å²) >= 11 is 13.5. The third-order valence-electron chi connectivity index (χ3n) is 5.10. The Kier molecular flexibility index (Phi) is 5.93. The fourth-order valence-corrected chi connectivity index (χ4v) is 6.67. The molecule has 3 aromatic rings. The van der Waals surface area contributed by atoms with Gasteiger partial charge in [0.25, 0.3) is 0 Å². The molecule has 0 bridgehead atoms. The highest BCUT2D eigenvalue weighted by Gasteiger charge is 2.32. The largest absolute Gasteiger partial charge is 0.354 e. The Bertz CT molecular complexity index is 1220. The predicted molar refractivity (Wildman–Crippen MR) is 121 cm³/mol. The molecule has 1 aliphatic heterocycles. The molecule has 0 spiro atoms. The topological polar surface area (TPSA) is 70.8 Å². The van der Waals surface area contributed by atoms with Crippen molar-refractivity contribution in [2.24, 2.45) is 0 Å². The molecule has 160 valence electrons. The molecule has 0 radical (unpaired) electrons. The van der Waals surface area contributed by atoms with Gasteiger partial charge in [-0.05, 0) is 38.4 Å². The van der Waals surface area contributed by atoms with Gasteiger partial charge in [-0.3, -0.25) is 0 Å². The molecule has 2 aromatic heterocycles. The van der Waals surface area contributed by atoms with Crippen LogP contribution in [0.25, 0.3) is 5.65 Å². The van der Waals surface area contributed by atoms with Crippen LogP contribution in [-0.2, 0) is 9.84 Å². The number of anilines is 1. The van der Waals surface area contributed by atoms with E-state index < -0.39 is 9.84 Å². The molecule has 1 aromatic carbocycles. The molecule has 0 aliphatic carbocycles. The van der Waals surface area contributed by atoms with E-state index in [9.17, 15) is 8.42 Å². The second-order valence-corrected chi connectivity index (χ2v) is 10.7. The lowest BCUT2D eigenvalue weighted by Gasteiger charge is -2.34. The molecule has 0 N–H and O–H groups in total. The van der Waals surface area contributed by atoms with Gasteiger partial charge >= 0.3 is 0 Å². The number of piperazine rings is 1. The maximum Gasteiger partial charge on any atom is 0.214 e. The van der Waals surface area contributed by atoms with Crippen LogP contribution in [0.5, 0.6) is 0 Å². The average Bonchev–Trinajstić information content (AvgIpc) is 3.07. The van der Waals surface area contributed by atoms with Crippen molar-refractivity contribution in [3.63, 3.8) is 0 Å². The maximum absolute atomic E-state index is 13.6. The van der Waals surface area contributed by atoms with Crippen molar-refractivity contribution in [3.05, 3.63) is 40.0 Å². The molecular weight excluding hydrogens is 465 g/mol. The van der Waals surface area contributed by atoms with Crippen molar-refractivity contribution in [2.45, 2.75) is 21.7 Å². The minimum atomic E-state index is -3.97. The lowest BCUT2D eigenvalue weighted by atomic mass is 10.3. The monoisotopic (exact) mass is 485 g/mol. The molecule has 4 rings (SSSR count). The van der Waals surface area contributed by atoms with Crippen molar-refractivity contribution in [3.8, 4) is 0 Å². The molecular formula is C19H21Cl2N5O2S2. The summed E-state index contributed by atoms with van der Waals surface area (Å²) in [6.45, 7) is 5.36. The van der Waals surface area contributed by atoms with E-state index in [1.165, 1.54) is 30.0 Å². The van der Waals surface area contributed by atoms with E-state index in [-0.39, 0.29) is 14.8 Å². The Morgan fingerprint density at radius 1 is 1.10 bits per heavy atom. The zero-order valence-corrected chi connectivity index (χ0v) is 19.9. The van der Waals surface area contributed by atoms with Gasteiger partial charge in [-0.1, -0.05) is 23.2 Å². The first-order valence-electron chi connectivity index (χ1n) is 9.30. The molecule has 0 amide bonds. The Morgan fingerprint density at radius 2 is 1.80 bits per heavy atom. The molecule has 30 heavy (non-hydrogen) atoms. The number of benzene rings is 1. The molecule has 1 aliphatic rings. The maximum atomic E-state index is 13.6.